The van der Waals surface area contributed by atoms with Crippen molar-refractivity contribution >= 4 is 0 Å². The van der Waals surface area contributed by atoms with Gasteiger partial charge in [-0.1, -0.05) is 19.8 Å². The van der Waals surface area contributed by atoms with Gasteiger partial charge in [-0.2, -0.15) is 0 Å². The van der Waals surface area contributed by atoms with Crippen LogP contribution in [0.3, 0.4) is 0 Å². The third-order valence-electron chi connectivity index (χ3n) is 1.94. The fourth-order valence-corrected chi connectivity index (χ4v) is 1.04. The van der Waals surface area contributed by atoms with Crippen LogP contribution in [0.2, 0.25) is 0 Å². The van der Waals surface area contributed by atoms with Crippen LogP contribution in [-0.2, 0) is 0 Å². The molecule has 0 aromatic heterocycles. The van der Waals surface area contributed by atoms with E-state index in [0.717, 1.165) is 12.8 Å². The summed E-state index contributed by atoms with van der Waals surface area (Å²) in [5, 5.41) is 28.1. The molecule has 0 rings (SSSR count). The first kappa shape index (κ1) is 11.9. The Morgan fingerprint density at radius 2 is 1.75 bits per heavy atom. The first-order valence-corrected chi connectivity index (χ1v) is 4.48. The van der Waals surface area contributed by atoms with Crippen LogP contribution in [0.15, 0.2) is 0 Å². The van der Waals surface area contributed by atoms with Crippen molar-refractivity contribution < 1.29 is 15.3 Å². The van der Waals surface area contributed by atoms with Crippen LogP contribution >= 0.6 is 0 Å². The van der Waals surface area contributed by atoms with Crippen LogP contribution in [0.4, 0.5) is 0 Å². The molecule has 0 saturated carbocycles. The number of aliphatic hydroxyl groups is 3. The molecule has 0 bridgehead atoms. The monoisotopic (exact) mass is 176 g/mol. The molecule has 2 atom stereocenters. The van der Waals surface area contributed by atoms with Crippen LogP contribution < -0.4 is 0 Å². The summed E-state index contributed by atoms with van der Waals surface area (Å²) in [6, 6.07) is 0. The van der Waals surface area contributed by atoms with Crippen molar-refractivity contribution in [2.75, 3.05) is 0 Å². The van der Waals surface area contributed by atoms with Gasteiger partial charge in [-0.3, -0.25) is 0 Å². The average Bonchev–Trinajstić information content (AvgIpc) is 1.97. The molecule has 0 aromatic carbocycles. The molecule has 0 fully saturated rings. The number of hydrogen-bond donors (Lipinski definition) is 3. The molecule has 0 unspecified atom stereocenters. The summed E-state index contributed by atoms with van der Waals surface area (Å²) in [5.74, 6) is 0. The minimum absolute atomic E-state index is 0.543. The highest BCUT2D eigenvalue weighted by molar-refractivity contribution is 4.82. The standard InChI is InChI=1S/C9H20O3/c1-4-5-6-7(10)8(11)9(2,3)12/h7-8,10-12H,4-6H2,1-3H3/t7-,8-/m1/s1. The van der Waals surface area contributed by atoms with Crippen molar-refractivity contribution in [1.29, 1.82) is 0 Å². The zero-order valence-corrected chi connectivity index (χ0v) is 8.12. The highest BCUT2D eigenvalue weighted by atomic mass is 16.4. The molecule has 74 valence electrons. The Kier molecular flexibility index (Phi) is 4.75. The largest absolute Gasteiger partial charge is 0.390 e. The normalized spacial score (nSPS) is 17.5. The van der Waals surface area contributed by atoms with Crippen molar-refractivity contribution in [3.8, 4) is 0 Å². The summed E-state index contributed by atoms with van der Waals surface area (Å²) >= 11 is 0. The molecule has 0 aromatic rings. The predicted molar refractivity (Wildman–Crippen MR) is 47.8 cm³/mol. The molecule has 0 aliphatic carbocycles. The molecule has 0 heterocycles. The number of aliphatic hydroxyl groups excluding tert-OH is 2. The first-order valence-electron chi connectivity index (χ1n) is 4.48. The van der Waals surface area contributed by atoms with E-state index >= 15 is 0 Å². The van der Waals surface area contributed by atoms with E-state index in [4.69, 9.17) is 0 Å². The molecule has 0 spiro atoms. The van der Waals surface area contributed by atoms with Gasteiger partial charge < -0.3 is 15.3 Å². The van der Waals surface area contributed by atoms with E-state index in [1.807, 2.05) is 6.92 Å². The minimum atomic E-state index is -1.22. The lowest BCUT2D eigenvalue weighted by Gasteiger charge is -2.28. The first-order chi connectivity index (χ1) is 5.39. The molecule has 12 heavy (non-hydrogen) atoms. The number of hydrogen-bond acceptors (Lipinski definition) is 3. The SMILES string of the molecule is CCCC[C@@H](O)[C@@H](O)C(C)(C)O. The maximum atomic E-state index is 9.38. The summed E-state index contributed by atoms with van der Waals surface area (Å²) in [4.78, 5) is 0. The molecule has 3 nitrogen and oxygen atoms in total. The quantitative estimate of drug-likeness (QED) is 0.577. The van der Waals surface area contributed by atoms with E-state index < -0.39 is 17.8 Å². The van der Waals surface area contributed by atoms with Crippen LogP contribution in [0.5, 0.6) is 0 Å². The Bertz CT molecular complexity index is 117. The van der Waals surface area contributed by atoms with E-state index in [9.17, 15) is 15.3 Å². The second-order valence-electron chi connectivity index (χ2n) is 3.81. The summed E-state index contributed by atoms with van der Waals surface area (Å²) in [7, 11) is 0. The lowest BCUT2D eigenvalue weighted by molar-refractivity contribution is -0.107. The van der Waals surface area contributed by atoms with Gasteiger partial charge in [0.05, 0.1) is 11.7 Å². The van der Waals surface area contributed by atoms with Gasteiger partial charge in [0, 0.05) is 0 Å². The van der Waals surface area contributed by atoms with Gasteiger partial charge in [-0.25, -0.2) is 0 Å². The van der Waals surface area contributed by atoms with Crippen molar-refractivity contribution in [3.05, 3.63) is 0 Å². The van der Waals surface area contributed by atoms with E-state index in [1.54, 1.807) is 0 Å². The molecule has 3 N–H and O–H groups in total. The van der Waals surface area contributed by atoms with Gasteiger partial charge in [-0.05, 0) is 20.3 Å². The molecular formula is C9H20O3. The van der Waals surface area contributed by atoms with E-state index in [0.29, 0.717) is 6.42 Å². The second kappa shape index (κ2) is 4.80. The second-order valence-corrected chi connectivity index (χ2v) is 3.81. The van der Waals surface area contributed by atoms with Gasteiger partial charge in [0.25, 0.3) is 0 Å². The summed E-state index contributed by atoms with van der Waals surface area (Å²) in [5.41, 5.74) is -1.22. The van der Waals surface area contributed by atoms with E-state index in [1.165, 1.54) is 13.8 Å². The summed E-state index contributed by atoms with van der Waals surface area (Å²) < 4.78 is 0. The van der Waals surface area contributed by atoms with Gasteiger partial charge in [0.15, 0.2) is 0 Å². The Balaban J connectivity index is 3.84. The predicted octanol–water partition coefficient (Wildman–Crippen LogP) is 0.669. The molecule has 0 amide bonds. The maximum Gasteiger partial charge on any atom is 0.108 e. The number of unbranched alkanes of at least 4 members (excludes halogenated alkanes) is 1. The molecule has 0 radical (unpaired) electrons. The fraction of sp³-hybridized carbons (Fsp3) is 1.00. The van der Waals surface area contributed by atoms with Gasteiger partial charge >= 0.3 is 0 Å². The van der Waals surface area contributed by atoms with Crippen LogP contribution in [-0.4, -0.2) is 33.1 Å². The van der Waals surface area contributed by atoms with Crippen LogP contribution in [0.1, 0.15) is 40.0 Å². The topological polar surface area (TPSA) is 60.7 Å². The third kappa shape index (κ3) is 4.04. The van der Waals surface area contributed by atoms with Gasteiger partial charge in [0.1, 0.15) is 6.10 Å². The summed E-state index contributed by atoms with van der Waals surface area (Å²) in [6.45, 7) is 5.00. The third-order valence-corrected chi connectivity index (χ3v) is 1.94. The van der Waals surface area contributed by atoms with E-state index in [-0.39, 0.29) is 0 Å². The summed E-state index contributed by atoms with van der Waals surface area (Å²) in [6.07, 6.45) is 0.528. The molecule has 0 aliphatic rings. The highest BCUT2D eigenvalue weighted by Crippen LogP contribution is 2.15. The fourth-order valence-electron chi connectivity index (χ4n) is 1.04. The lowest BCUT2D eigenvalue weighted by atomic mass is 9.94. The van der Waals surface area contributed by atoms with Gasteiger partial charge in [0.2, 0.25) is 0 Å². The molecule has 0 saturated heterocycles. The van der Waals surface area contributed by atoms with Gasteiger partial charge in [-0.15, -0.1) is 0 Å². The van der Waals surface area contributed by atoms with Crippen LogP contribution in [0.25, 0.3) is 0 Å². The zero-order valence-electron chi connectivity index (χ0n) is 8.12. The minimum Gasteiger partial charge on any atom is -0.390 e. The van der Waals surface area contributed by atoms with Crippen molar-refractivity contribution in [3.63, 3.8) is 0 Å². The average molecular weight is 176 g/mol. The molecule has 0 aliphatic heterocycles. The zero-order chi connectivity index (χ0) is 9.78. The Labute approximate surface area is 74.0 Å². The smallest absolute Gasteiger partial charge is 0.108 e. The Morgan fingerprint density at radius 3 is 2.08 bits per heavy atom. The Morgan fingerprint density at radius 1 is 1.25 bits per heavy atom. The number of rotatable bonds is 5. The van der Waals surface area contributed by atoms with Crippen molar-refractivity contribution in [1.82, 2.24) is 0 Å². The Hall–Kier alpha value is -0.120. The molecule has 3 heteroatoms. The van der Waals surface area contributed by atoms with Crippen LogP contribution in [0, 0.1) is 0 Å². The van der Waals surface area contributed by atoms with Crippen molar-refractivity contribution in [2.24, 2.45) is 0 Å². The lowest BCUT2D eigenvalue weighted by Crippen LogP contribution is -2.44. The maximum absolute atomic E-state index is 9.38. The molecular weight excluding hydrogens is 156 g/mol. The highest BCUT2D eigenvalue weighted by Gasteiger charge is 2.30. The van der Waals surface area contributed by atoms with E-state index in [2.05, 4.69) is 0 Å². The van der Waals surface area contributed by atoms with Crippen molar-refractivity contribution in [2.45, 2.75) is 57.8 Å².